The van der Waals surface area contributed by atoms with Gasteiger partial charge in [0.1, 0.15) is 5.82 Å². The van der Waals surface area contributed by atoms with Crippen LogP contribution in [0.25, 0.3) is 11.1 Å². The Bertz CT molecular complexity index is 954. The largest absolute Gasteiger partial charge is 0.347 e. The molecule has 1 N–H and O–H groups in total. The summed E-state index contributed by atoms with van der Waals surface area (Å²) in [6.07, 6.45) is 6.16. The maximum Gasteiger partial charge on any atom is 0.224 e. The number of nitrogens with zero attached hydrogens (tertiary/aromatic N) is 5. The molecule has 0 radical (unpaired) electrons. The molecule has 3 aromatic rings. The van der Waals surface area contributed by atoms with E-state index in [2.05, 4.69) is 20.3 Å². The van der Waals surface area contributed by atoms with Crippen molar-refractivity contribution in [2.24, 2.45) is 0 Å². The maximum absolute atomic E-state index is 11.7. The van der Waals surface area contributed by atoms with Crippen LogP contribution in [0.2, 0.25) is 0 Å². The number of anilines is 4. The van der Waals surface area contributed by atoms with Crippen LogP contribution in [-0.2, 0) is 11.3 Å². The first kappa shape index (κ1) is 16.0. The van der Waals surface area contributed by atoms with Crippen molar-refractivity contribution in [2.75, 3.05) is 29.2 Å². The Balaban J connectivity index is 1.75. The van der Waals surface area contributed by atoms with Gasteiger partial charge < -0.3 is 15.1 Å². The van der Waals surface area contributed by atoms with Gasteiger partial charge in [-0.15, -0.1) is 0 Å². The summed E-state index contributed by atoms with van der Waals surface area (Å²) < 4.78 is 0. The number of nitrogens with one attached hydrogen (secondary N) is 1. The normalized spacial score (nSPS) is 12.5. The summed E-state index contributed by atoms with van der Waals surface area (Å²) in [5.74, 6) is 1.42. The van der Waals surface area contributed by atoms with Crippen molar-refractivity contribution < 1.29 is 4.79 Å². The fourth-order valence-corrected chi connectivity index (χ4v) is 2.92. The van der Waals surface area contributed by atoms with Crippen LogP contribution >= 0.6 is 0 Å². The molecule has 1 aliphatic rings. The Morgan fingerprint density at radius 1 is 1.12 bits per heavy atom. The fraction of sp³-hybridized carbons (Fsp3) is 0.158. The molecule has 0 bridgehead atoms. The van der Waals surface area contributed by atoms with Crippen LogP contribution < -0.4 is 15.1 Å². The summed E-state index contributed by atoms with van der Waals surface area (Å²) in [6, 6.07) is 9.74. The van der Waals surface area contributed by atoms with Crippen LogP contribution in [0.3, 0.4) is 0 Å². The molecule has 0 aliphatic carbocycles. The number of carbonyl (C=O) groups is 1. The van der Waals surface area contributed by atoms with Crippen molar-refractivity contribution >= 4 is 29.6 Å². The molecule has 7 heteroatoms. The smallest absolute Gasteiger partial charge is 0.224 e. The zero-order valence-electron chi connectivity index (χ0n) is 14.5. The van der Waals surface area contributed by atoms with Crippen LogP contribution in [0.5, 0.6) is 0 Å². The summed E-state index contributed by atoms with van der Waals surface area (Å²) in [4.78, 5) is 28.3. The van der Waals surface area contributed by atoms with E-state index in [1.165, 1.54) is 0 Å². The molecule has 3 heterocycles. The van der Waals surface area contributed by atoms with E-state index in [4.69, 9.17) is 0 Å². The monoisotopic (exact) mass is 346 g/mol. The number of fused-ring (bicyclic) bond motifs is 2. The zero-order chi connectivity index (χ0) is 18.1. The van der Waals surface area contributed by atoms with E-state index in [1.807, 2.05) is 49.3 Å². The number of aromatic nitrogens is 3. The van der Waals surface area contributed by atoms with Gasteiger partial charge in [-0.05, 0) is 23.8 Å². The van der Waals surface area contributed by atoms with Gasteiger partial charge in [0.05, 0.1) is 17.9 Å². The summed E-state index contributed by atoms with van der Waals surface area (Å²) in [5.41, 5.74) is 4.44. The third kappa shape index (κ3) is 2.83. The first-order valence-electron chi connectivity index (χ1n) is 8.22. The molecule has 130 valence electrons. The molecule has 2 aromatic heterocycles. The van der Waals surface area contributed by atoms with E-state index in [0.717, 1.165) is 40.3 Å². The summed E-state index contributed by atoms with van der Waals surface area (Å²) in [6.45, 7) is 0.464. The van der Waals surface area contributed by atoms with Crippen molar-refractivity contribution in [3.05, 3.63) is 54.5 Å². The molecule has 0 unspecified atom stereocenters. The van der Waals surface area contributed by atoms with Crippen LogP contribution in [0.15, 0.2) is 48.9 Å². The molecular weight excluding hydrogens is 328 g/mol. The van der Waals surface area contributed by atoms with Crippen molar-refractivity contribution in [1.82, 2.24) is 15.0 Å². The standard InChI is InChI=1S/C19H18N6O/c1-24(2)19-21-9-15(10-22-19)13-5-6-16-17(8-13)25(12-26)11-14-4-3-7-20-18(14)23-16/h3-10,12H,11H2,1-2H3,(H,20,23). The van der Waals surface area contributed by atoms with Crippen molar-refractivity contribution in [2.45, 2.75) is 6.54 Å². The molecule has 0 fully saturated rings. The second kappa shape index (κ2) is 6.44. The number of pyridine rings is 1. The summed E-state index contributed by atoms with van der Waals surface area (Å²) in [7, 11) is 3.80. The average molecular weight is 346 g/mol. The second-order valence-corrected chi connectivity index (χ2v) is 6.27. The first-order chi connectivity index (χ1) is 12.7. The van der Waals surface area contributed by atoms with Crippen LogP contribution in [-0.4, -0.2) is 35.5 Å². The highest BCUT2D eigenvalue weighted by atomic mass is 16.1. The van der Waals surface area contributed by atoms with Crippen molar-refractivity contribution in [3.8, 4) is 11.1 Å². The van der Waals surface area contributed by atoms with Gasteiger partial charge in [0.15, 0.2) is 0 Å². The lowest BCUT2D eigenvalue weighted by Gasteiger charge is -2.18. The topological polar surface area (TPSA) is 74.2 Å². The Kier molecular flexibility index (Phi) is 3.96. The van der Waals surface area contributed by atoms with E-state index in [9.17, 15) is 4.79 Å². The quantitative estimate of drug-likeness (QED) is 0.735. The molecule has 7 nitrogen and oxygen atoms in total. The minimum Gasteiger partial charge on any atom is -0.347 e. The molecule has 0 saturated heterocycles. The minimum absolute atomic E-state index is 0.464. The second-order valence-electron chi connectivity index (χ2n) is 6.27. The third-order valence-electron chi connectivity index (χ3n) is 4.29. The lowest BCUT2D eigenvalue weighted by atomic mass is 10.1. The summed E-state index contributed by atoms with van der Waals surface area (Å²) in [5, 5.41) is 3.32. The Morgan fingerprint density at radius 3 is 2.65 bits per heavy atom. The number of hydrogen-bond acceptors (Lipinski definition) is 6. The van der Waals surface area contributed by atoms with Crippen LogP contribution in [0.4, 0.5) is 23.1 Å². The Labute approximate surface area is 151 Å². The molecule has 0 spiro atoms. The van der Waals surface area contributed by atoms with Gasteiger partial charge in [-0.25, -0.2) is 15.0 Å². The first-order valence-corrected chi connectivity index (χ1v) is 8.22. The Morgan fingerprint density at radius 2 is 1.92 bits per heavy atom. The molecule has 1 aromatic carbocycles. The molecule has 26 heavy (non-hydrogen) atoms. The van der Waals surface area contributed by atoms with Crippen LogP contribution in [0, 0.1) is 0 Å². The predicted octanol–water partition coefficient (Wildman–Crippen LogP) is 2.82. The number of hydrogen-bond donors (Lipinski definition) is 1. The molecule has 0 atom stereocenters. The lowest BCUT2D eigenvalue weighted by molar-refractivity contribution is -0.107. The zero-order valence-corrected chi connectivity index (χ0v) is 14.5. The number of rotatable bonds is 3. The number of benzene rings is 1. The third-order valence-corrected chi connectivity index (χ3v) is 4.29. The van der Waals surface area contributed by atoms with Gasteiger partial charge in [-0.1, -0.05) is 12.1 Å². The Hall–Kier alpha value is -3.48. The van der Waals surface area contributed by atoms with Crippen LogP contribution in [0.1, 0.15) is 5.56 Å². The fourth-order valence-electron chi connectivity index (χ4n) is 2.92. The van der Waals surface area contributed by atoms with Crippen molar-refractivity contribution in [3.63, 3.8) is 0 Å². The molecule has 0 saturated carbocycles. The van der Waals surface area contributed by atoms with Gasteiger partial charge in [-0.3, -0.25) is 4.79 Å². The van der Waals surface area contributed by atoms with E-state index >= 15 is 0 Å². The molecule has 4 rings (SSSR count). The number of carbonyl (C=O) groups excluding carboxylic acids is 1. The highest BCUT2D eigenvalue weighted by Gasteiger charge is 2.20. The van der Waals surface area contributed by atoms with Gasteiger partial charge in [0.2, 0.25) is 12.4 Å². The highest BCUT2D eigenvalue weighted by Crippen LogP contribution is 2.36. The number of amides is 1. The summed E-state index contributed by atoms with van der Waals surface area (Å²) >= 11 is 0. The molecular formula is C19H18N6O. The van der Waals surface area contributed by atoms with Crippen molar-refractivity contribution in [1.29, 1.82) is 0 Å². The van der Waals surface area contributed by atoms with Gasteiger partial charge in [0.25, 0.3) is 0 Å². The lowest BCUT2D eigenvalue weighted by Crippen LogP contribution is -2.19. The van der Waals surface area contributed by atoms with Gasteiger partial charge >= 0.3 is 0 Å². The maximum atomic E-state index is 11.7. The van der Waals surface area contributed by atoms with E-state index < -0.39 is 0 Å². The molecule has 1 amide bonds. The SMILES string of the molecule is CN(C)c1ncc(-c2ccc3c(c2)N(C=O)Cc2cccnc2N3)cn1. The van der Waals surface area contributed by atoms with E-state index in [1.54, 1.807) is 23.5 Å². The van der Waals surface area contributed by atoms with E-state index in [0.29, 0.717) is 12.5 Å². The average Bonchev–Trinajstić information content (AvgIpc) is 2.83. The molecule has 1 aliphatic heterocycles. The van der Waals surface area contributed by atoms with E-state index in [-0.39, 0.29) is 0 Å². The minimum atomic E-state index is 0.464. The highest BCUT2D eigenvalue weighted by molar-refractivity contribution is 5.90. The van der Waals surface area contributed by atoms with Gasteiger partial charge in [0, 0.05) is 43.8 Å². The predicted molar refractivity (Wildman–Crippen MR) is 102 cm³/mol. The van der Waals surface area contributed by atoms with Gasteiger partial charge in [-0.2, -0.15) is 0 Å².